The summed E-state index contributed by atoms with van der Waals surface area (Å²) in [5.41, 5.74) is 2.42. The Bertz CT molecular complexity index is 312. The Kier molecular flexibility index (Phi) is 1.92. The summed E-state index contributed by atoms with van der Waals surface area (Å²) in [4.78, 5) is 0. The molecule has 4 bridgehead atoms. The maximum Gasteiger partial charge on any atom is -0.0115 e. The molecule has 0 heterocycles. The van der Waals surface area contributed by atoms with E-state index in [1.54, 1.807) is 5.57 Å². The fourth-order valence-corrected chi connectivity index (χ4v) is 5.25. The quantitative estimate of drug-likeness (QED) is 0.559. The topological polar surface area (TPSA) is 0 Å². The van der Waals surface area contributed by atoms with Gasteiger partial charge >= 0.3 is 0 Å². The zero-order valence-electron chi connectivity index (χ0n) is 10.6. The molecule has 2 fully saturated rings. The molecule has 0 spiro atoms. The molecule has 5 atom stereocenters. The Balaban J connectivity index is 1.95. The molecule has 0 aromatic carbocycles. The van der Waals surface area contributed by atoms with Crippen LogP contribution in [-0.4, -0.2) is 0 Å². The number of rotatable bonds is 1. The zero-order chi connectivity index (χ0) is 10.8. The predicted molar refractivity (Wildman–Crippen MR) is 64.5 cm³/mol. The van der Waals surface area contributed by atoms with Gasteiger partial charge in [-0.15, -0.1) is 0 Å². The SMILES string of the molecule is CC1=CC[C@H]2[C@H]3[C@@H](C(C)C)CC[C@@]2(C)[C@@H]13. The van der Waals surface area contributed by atoms with E-state index in [1.165, 1.54) is 19.3 Å². The minimum Gasteiger partial charge on any atom is -0.0850 e. The summed E-state index contributed by atoms with van der Waals surface area (Å²) in [5.74, 6) is 4.96. The second-order valence-electron chi connectivity index (χ2n) is 6.80. The number of hydrogen-bond acceptors (Lipinski definition) is 0. The van der Waals surface area contributed by atoms with E-state index in [4.69, 9.17) is 0 Å². The molecule has 0 radical (unpaired) electrons. The van der Waals surface area contributed by atoms with E-state index in [0.29, 0.717) is 5.41 Å². The molecule has 0 aromatic rings. The Morgan fingerprint density at radius 2 is 2.13 bits per heavy atom. The Hall–Kier alpha value is -0.260. The third-order valence-electron chi connectivity index (χ3n) is 5.96. The van der Waals surface area contributed by atoms with Crippen LogP contribution in [0, 0.1) is 35.0 Å². The van der Waals surface area contributed by atoms with E-state index in [9.17, 15) is 0 Å². The minimum atomic E-state index is 0.703. The van der Waals surface area contributed by atoms with Crippen LogP contribution in [0.3, 0.4) is 0 Å². The normalized spacial score (nSPS) is 52.5. The van der Waals surface area contributed by atoms with Crippen molar-refractivity contribution < 1.29 is 0 Å². The molecule has 4 aliphatic rings. The largest absolute Gasteiger partial charge is 0.0850 e. The highest BCUT2D eigenvalue weighted by Crippen LogP contribution is 2.71. The summed E-state index contributed by atoms with van der Waals surface area (Å²) in [7, 11) is 0. The molecule has 0 saturated heterocycles. The van der Waals surface area contributed by atoms with Gasteiger partial charge in [-0.3, -0.25) is 0 Å². The van der Waals surface area contributed by atoms with Crippen LogP contribution in [0.1, 0.15) is 47.0 Å². The Morgan fingerprint density at radius 3 is 2.73 bits per heavy atom. The van der Waals surface area contributed by atoms with Gasteiger partial charge in [-0.1, -0.05) is 32.4 Å². The van der Waals surface area contributed by atoms with Gasteiger partial charge in [0, 0.05) is 0 Å². The van der Waals surface area contributed by atoms with Crippen molar-refractivity contribution in [2.24, 2.45) is 35.0 Å². The molecule has 2 saturated carbocycles. The Morgan fingerprint density at radius 1 is 1.40 bits per heavy atom. The first-order valence-corrected chi connectivity index (χ1v) is 6.72. The van der Waals surface area contributed by atoms with Crippen LogP contribution >= 0.6 is 0 Å². The molecular weight excluding hydrogens is 180 g/mol. The number of fused-ring (bicyclic) bond motifs is 1. The third-order valence-corrected chi connectivity index (χ3v) is 5.96. The molecule has 4 rings (SSSR count). The zero-order valence-corrected chi connectivity index (χ0v) is 10.6. The Labute approximate surface area is 94.1 Å². The molecule has 0 N–H and O–H groups in total. The van der Waals surface area contributed by atoms with Crippen molar-refractivity contribution in [2.45, 2.75) is 47.0 Å². The van der Waals surface area contributed by atoms with Gasteiger partial charge in [-0.05, 0) is 61.2 Å². The molecule has 0 aromatic heterocycles. The van der Waals surface area contributed by atoms with Gasteiger partial charge in [0.05, 0.1) is 0 Å². The van der Waals surface area contributed by atoms with Crippen molar-refractivity contribution in [3.8, 4) is 0 Å². The van der Waals surface area contributed by atoms with Gasteiger partial charge in [-0.25, -0.2) is 0 Å². The molecular formula is C15H24. The van der Waals surface area contributed by atoms with Crippen molar-refractivity contribution in [3.63, 3.8) is 0 Å². The lowest BCUT2D eigenvalue weighted by Crippen LogP contribution is -2.63. The minimum absolute atomic E-state index is 0.703. The van der Waals surface area contributed by atoms with E-state index in [0.717, 1.165) is 29.6 Å². The summed E-state index contributed by atoms with van der Waals surface area (Å²) in [6.45, 7) is 9.81. The maximum atomic E-state index is 2.56. The van der Waals surface area contributed by atoms with Crippen molar-refractivity contribution >= 4 is 0 Å². The smallest absolute Gasteiger partial charge is 0.0115 e. The summed E-state index contributed by atoms with van der Waals surface area (Å²) >= 11 is 0. The lowest BCUT2D eigenvalue weighted by Gasteiger charge is -2.70. The summed E-state index contributed by atoms with van der Waals surface area (Å²) in [6, 6.07) is 0. The van der Waals surface area contributed by atoms with E-state index in [-0.39, 0.29) is 0 Å². The summed E-state index contributed by atoms with van der Waals surface area (Å²) < 4.78 is 0. The van der Waals surface area contributed by atoms with Crippen LogP contribution in [-0.2, 0) is 0 Å². The average Bonchev–Trinajstić information content (AvgIpc) is 2.17. The van der Waals surface area contributed by atoms with Gasteiger partial charge in [0.1, 0.15) is 0 Å². The van der Waals surface area contributed by atoms with Crippen molar-refractivity contribution in [1.82, 2.24) is 0 Å². The highest BCUT2D eigenvalue weighted by Gasteiger charge is 2.64. The number of allylic oxidation sites excluding steroid dienone is 2. The van der Waals surface area contributed by atoms with Crippen molar-refractivity contribution in [3.05, 3.63) is 11.6 Å². The standard InChI is InChI=1S/C15H24/c1-9(2)11-7-8-15(4)12-6-5-10(3)14(15)13(11)12/h5,9,11-14H,6-8H2,1-4H3/t11-,12+,13-,14+,15-/m1/s1. The third kappa shape index (κ3) is 1.04. The summed E-state index contributed by atoms with van der Waals surface area (Å²) in [6.07, 6.45) is 6.90. The van der Waals surface area contributed by atoms with E-state index >= 15 is 0 Å². The molecule has 0 amide bonds. The molecule has 0 heteroatoms. The van der Waals surface area contributed by atoms with Crippen LogP contribution in [0.25, 0.3) is 0 Å². The fraction of sp³-hybridized carbons (Fsp3) is 0.867. The van der Waals surface area contributed by atoms with E-state index in [2.05, 4.69) is 33.8 Å². The van der Waals surface area contributed by atoms with Crippen LogP contribution in [0.15, 0.2) is 11.6 Å². The monoisotopic (exact) mass is 204 g/mol. The van der Waals surface area contributed by atoms with E-state index < -0.39 is 0 Å². The first-order valence-electron chi connectivity index (χ1n) is 6.72. The van der Waals surface area contributed by atoms with Gasteiger partial charge < -0.3 is 0 Å². The van der Waals surface area contributed by atoms with Crippen LogP contribution < -0.4 is 0 Å². The van der Waals surface area contributed by atoms with E-state index in [1.807, 2.05) is 0 Å². The second kappa shape index (κ2) is 2.90. The van der Waals surface area contributed by atoms with Gasteiger partial charge in [0.2, 0.25) is 0 Å². The predicted octanol–water partition coefficient (Wildman–Crippen LogP) is 4.27. The van der Waals surface area contributed by atoms with Gasteiger partial charge in [0.15, 0.2) is 0 Å². The van der Waals surface area contributed by atoms with Crippen molar-refractivity contribution in [1.29, 1.82) is 0 Å². The molecule has 84 valence electrons. The highest BCUT2D eigenvalue weighted by atomic mass is 14.7. The molecule has 0 aliphatic heterocycles. The lowest BCUT2D eigenvalue weighted by molar-refractivity contribution is -0.181. The molecule has 15 heavy (non-hydrogen) atoms. The molecule has 0 nitrogen and oxygen atoms in total. The molecule has 4 aliphatic carbocycles. The van der Waals surface area contributed by atoms with Crippen LogP contribution in [0.5, 0.6) is 0 Å². The first kappa shape index (κ1) is 9.93. The second-order valence-corrected chi connectivity index (χ2v) is 6.80. The average molecular weight is 204 g/mol. The lowest BCUT2D eigenvalue weighted by atomic mass is 9.34. The highest BCUT2D eigenvalue weighted by molar-refractivity contribution is 5.28. The maximum absolute atomic E-state index is 2.56. The first-order chi connectivity index (χ1) is 7.05. The number of hydrogen-bond donors (Lipinski definition) is 0. The van der Waals surface area contributed by atoms with Crippen LogP contribution in [0.2, 0.25) is 0 Å². The summed E-state index contributed by atoms with van der Waals surface area (Å²) in [5, 5.41) is 0. The van der Waals surface area contributed by atoms with Gasteiger partial charge in [-0.2, -0.15) is 0 Å². The molecule has 0 unspecified atom stereocenters. The fourth-order valence-electron chi connectivity index (χ4n) is 5.25. The van der Waals surface area contributed by atoms with Gasteiger partial charge in [0.25, 0.3) is 0 Å². The van der Waals surface area contributed by atoms with Crippen molar-refractivity contribution in [2.75, 3.05) is 0 Å². The van der Waals surface area contributed by atoms with Crippen LogP contribution in [0.4, 0.5) is 0 Å².